The third-order valence-electron chi connectivity index (χ3n) is 3.71. The monoisotopic (exact) mass is 263 g/mol. The second-order valence-electron chi connectivity index (χ2n) is 5.88. The van der Waals surface area contributed by atoms with Gasteiger partial charge >= 0.3 is 0 Å². The molecule has 0 aromatic heterocycles. The van der Waals surface area contributed by atoms with Crippen LogP contribution in [0.1, 0.15) is 56.4 Å². The molecule has 0 saturated heterocycles. The maximum Gasteiger partial charge on any atom is 0.0948 e. The zero-order valence-electron chi connectivity index (χ0n) is 13.0. The van der Waals surface area contributed by atoms with Gasteiger partial charge in [0.25, 0.3) is 0 Å². The number of hydrogen-bond acceptors (Lipinski definition) is 2. The van der Waals surface area contributed by atoms with E-state index in [0.29, 0.717) is 5.92 Å². The molecule has 0 bridgehead atoms. The largest absolute Gasteiger partial charge is 0.387 e. The highest BCUT2D eigenvalue weighted by Gasteiger charge is 2.24. The second kappa shape index (κ2) is 7.66. The maximum absolute atomic E-state index is 10.7. The molecule has 19 heavy (non-hydrogen) atoms. The summed E-state index contributed by atoms with van der Waals surface area (Å²) in [7, 11) is 0. The summed E-state index contributed by atoms with van der Waals surface area (Å²) in [5, 5.41) is 14.2. The normalized spacial score (nSPS) is 14.7. The molecule has 0 aliphatic carbocycles. The first-order valence-corrected chi connectivity index (χ1v) is 7.46. The number of benzene rings is 1. The van der Waals surface area contributed by atoms with Crippen LogP contribution in [0.4, 0.5) is 0 Å². The molecule has 0 heterocycles. The Morgan fingerprint density at radius 3 is 2.42 bits per heavy atom. The highest BCUT2D eigenvalue weighted by atomic mass is 16.3. The molecule has 2 heteroatoms. The number of aryl methyl sites for hydroxylation is 2. The molecule has 0 aliphatic rings. The molecule has 1 aromatic rings. The average molecular weight is 263 g/mol. The molecular weight excluding hydrogens is 234 g/mol. The van der Waals surface area contributed by atoms with Gasteiger partial charge in [-0.25, -0.2) is 0 Å². The second-order valence-corrected chi connectivity index (χ2v) is 5.88. The van der Waals surface area contributed by atoms with Crippen LogP contribution >= 0.6 is 0 Å². The summed E-state index contributed by atoms with van der Waals surface area (Å²) in [6.45, 7) is 11.7. The minimum absolute atomic E-state index is 0.118. The van der Waals surface area contributed by atoms with E-state index in [1.54, 1.807) is 0 Å². The Morgan fingerprint density at radius 2 is 1.89 bits per heavy atom. The van der Waals surface area contributed by atoms with E-state index in [0.717, 1.165) is 18.5 Å². The fraction of sp³-hybridized carbons (Fsp3) is 0.647. The summed E-state index contributed by atoms with van der Waals surface area (Å²) in [5.41, 5.74) is 3.47. The maximum atomic E-state index is 10.7. The summed E-state index contributed by atoms with van der Waals surface area (Å²) in [4.78, 5) is 0. The Labute approximate surface area is 118 Å². The Balaban J connectivity index is 2.83. The Kier molecular flexibility index (Phi) is 6.53. The van der Waals surface area contributed by atoms with Gasteiger partial charge in [0.05, 0.1) is 6.10 Å². The van der Waals surface area contributed by atoms with Crippen molar-refractivity contribution in [3.63, 3.8) is 0 Å². The van der Waals surface area contributed by atoms with Crippen LogP contribution in [0.25, 0.3) is 0 Å². The first kappa shape index (κ1) is 16.2. The van der Waals surface area contributed by atoms with Gasteiger partial charge in [-0.15, -0.1) is 0 Å². The first-order chi connectivity index (χ1) is 8.97. The van der Waals surface area contributed by atoms with Crippen molar-refractivity contribution in [3.8, 4) is 0 Å². The lowest BCUT2D eigenvalue weighted by Crippen LogP contribution is -2.40. The Bertz CT molecular complexity index is 387. The SMILES string of the molecule is CCCCNC(C(C)C)C(O)c1ccc(C)cc1C. The molecule has 2 unspecified atom stereocenters. The van der Waals surface area contributed by atoms with Crippen molar-refractivity contribution in [1.82, 2.24) is 5.32 Å². The summed E-state index contributed by atoms with van der Waals surface area (Å²) >= 11 is 0. The van der Waals surface area contributed by atoms with Gasteiger partial charge in [0, 0.05) is 6.04 Å². The van der Waals surface area contributed by atoms with Crippen molar-refractivity contribution in [3.05, 3.63) is 34.9 Å². The smallest absolute Gasteiger partial charge is 0.0948 e. The molecule has 2 nitrogen and oxygen atoms in total. The van der Waals surface area contributed by atoms with Gasteiger partial charge in [0.15, 0.2) is 0 Å². The van der Waals surface area contributed by atoms with Crippen molar-refractivity contribution < 1.29 is 5.11 Å². The molecular formula is C17H29NO. The minimum Gasteiger partial charge on any atom is -0.387 e. The van der Waals surface area contributed by atoms with Gasteiger partial charge in [0.2, 0.25) is 0 Å². The summed E-state index contributed by atoms with van der Waals surface area (Å²) in [5.74, 6) is 0.410. The Morgan fingerprint density at radius 1 is 1.21 bits per heavy atom. The van der Waals surface area contributed by atoms with E-state index < -0.39 is 6.10 Å². The topological polar surface area (TPSA) is 32.3 Å². The van der Waals surface area contributed by atoms with Crippen molar-refractivity contribution in [1.29, 1.82) is 0 Å². The third kappa shape index (κ3) is 4.63. The zero-order valence-corrected chi connectivity index (χ0v) is 13.0. The van der Waals surface area contributed by atoms with Gasteiger partial charge in [-0.2, -0.15) is 0 Å². The van der Waals surface area contributed by atoms with Gasteiger partial charge < -0.3 is 10.4 Å². The molecule has 0 spiro atoms. The standard InChI is InChI=1S/C17H29NO/c1-6-7-10-18-16(12(2)3)17(19)15-9-8-13(4)11-14(15)5/h8-9,11-12,16-19H,6-7,10H2,1-5H3. The summed E-state index contributed by atoms with van der Waals surface area (Å²) in [6, 6.07) is 6.40. The van der Waals surface area contributed by atoms with Crippen LogP contribution in [-0.2, 0) is 0 Å². The summed E-state index contributed by atoms with van der Waals surface area (Å²) < 4.78 is 0. The van der Waals surface area contributed by atoms with Crippen LogP contribution in [0.2, 0.25) is 0 Å². The molecule has 2 N–H and O–H groups in total. The van der Waals surface area contributed by atoms with E-state index in [1.165, 1.54) is 17.5 Å². The Hall–Kier alpha value is -0.860. The fourth-order valence-electron chi connectivity index (χ4n) is 2.51. The van der Waals surface area contributed by atoms with Crippen LogP contribution in [-0.4, -0.2) is 17.7 Å². The number of unbranched alkanes of at least 4 members (excludes halogenated alkanes) is 1. The lowest BCUT2D eigenvalue weighted by Gasteiger charge is -2.29. The van der Waals surface area contributed by atoms with E-state index in [4.69, 9.17) is 0 Å². The lowest BCUT2D eigenvalue weighted by atomic mass is 9.90. The predicted molar refractivity (Wildman–Crippen MR) is 82.4 cm³/mol. The van der Waals surface area contributed by atoms with Gasteiger partial charge in [-0.1, -0.05) is 51.0 Å². The molecule has 0 aliphatic heterocycles. The highest BCUT2D eigenvalue weighted by molar-refractivity contribution is 5.32. The van der Waals surface area contributed by atoms with E-state index in [9.17, 15) is 5.11 Å². The van der Waals surface area contributed by atoms with Crippen LogP contribution in [0, 0.1) is 19.8 Å². The van der Waals surface area contributed by atoms with Crippen LogP contribution < -0.4 is 5.32 Å². The quantitative estimate of drug-likeness (QED) is 0.734. The first-order valence-electron chi connectivity index (χ1n) is 7.46. The van der Waals surface area contributed by atoms with Crippen LogP contribution in [0.15, 0.2) is 18.2 Å². The minimum atomic E-state index is -0.433. The highest BCUT2D eigenvalue weighted by Crippen LogP contribution is 2.25. The molecule has 1 rings (SSSR count). The zero-order chi connectivity index (χ0) is 14.4. The van der Waals surface area contributed by atoms with Crippen molar-refractivity contribution in [2.45, 2.75) is 59.6 Å². The van der Waals surface area contributed by atoms with Crippen molar-refractivity contribution in [2.24, 2.45) is 5.92 Å². The van der Waals surface area contributed by atoms with Gasteiger partial charge in [0.1, 0.15) is 0 Å². The molecule has 0 fully saturated rings. The van der Waals surface area contributed by atoms with Gasteiger partial charge in [-0.3, -0.25) is 0 Å². The molecule has 108 valence electrons. The number of hydrogen-bond donors (Lipinski definition) is 2. The molecule has 0 amide bonds. The summed E-state index contributed by atoms with van der Waals surface area (Å²) in [6.07, 6.45) is 1.90. The number of aliphatic hydroxyl groups is 1. The fourth-order valence-corrected chi connectivity index (χ4v) is 2.51. The van der Waals surface area contributed by atoms with E-state index in [2.05, 4.69) is 58.1 Å². The molecule has 2 atom stereocenters. The van der Waals surface area contributed by atoms with Gasteiger partial charge in [-0.05, 0) is 43.9 Å². The predicted octanol–water partition coefficient (Wildman–Crippen LogP) is 3.75. The number of nitrogens with one attached hydrogen (secondary N) is 1. The average Bonchev–Trinajstić information content (AvgIpc) is 2.33. The molecule has 0 saturated carbocycles. The van der Waals surface area contributed by atoms with Crippen molar-refractivity contribution >= 4 is 0 Å². The number of aliphatic hydroxyl groups excluding tert-OH is 1. The van der Waals surface area contributed by atoms with Crippen LogP contribution in [0.3, 0.4) is 0 Å². The van der Waals surface area contributed by atoms with Crippen molar-refractivity contribution in [2.75, 3.05) is 6.54 Å². The van der Waals surface area contributed by atoms with Crippen LogP contribution in [0.5, 0.6) is 0 Å². The van der Waals surface area contributed by atoms with E-state index in [1.807, 2.05) is 0 Å². The number of rotatable bonds is 7. The molecule has 0 radical (unpaired) electrons. The molecule has 1 aromatic carbocycles. The third-order valence-corrected chi connectivity index (χ3v) is 3.71. The van der Waals surface area contributed by atoms with E-state index in [-0.39, 0.29) is 6.04 Å². The van der Waals surface area contributed by atoms with E-state index >= 15 is 0 Å². The lowest BCUT2D eigenvalue weighted by molar-refractivity contribution is 0.104.